The highest BCUT2D eigenvalue weighted by Gasteiger charge is 2.15. The van der Waals surface area contributed by atoms with Crippen LogP contribution < -0.4 is 10.1 Å². The quantitative estimate of drug-likeness (QED) is 0.782. The van der Waals surface area contributed by atoms with Gasteiger partial charge in [-0.15, -0.1) is 0 Å². The molecule has 1 fully saturated rings. The predicted molar refractivity (Wildman–Crippen MR) is 99.9 cm³/mol. The highest BCUT2D eigenvalue weighted by molar-refractivity contribution is 5.94. The van der Waals surface area contributed by atoms with Crippen LogP contribution in [0.25, 0.3) is 0 Å². The number of hydrogen-bond donors (Lipinski definition) is 1. The lowest BCUT2D eigenvalue weighted by molar-refractivity contribution is -0.0498. The number of hydrogen-bond acceptors (Lipinski definition) is 3. The van der Waals surface area contributed by atoms with Crippen LogP contribution in [-0.2, 0) is 6.54 Å². The molecule has 0 saturated carbocycles. The van der Waals surface area contributed by atoms with Gasteiger partial charge >= 0.3 is 6.61 Å². The summed E-state index contributed by atoms with van der Waals surface area (Å²) in [4.78, 5) is 15.0. The topological polar surface area (TPSA) is 41.6 Å². The molecule has 1 aliphatic rings. The highest BCUT2D eigenvalue weighted by Crippen LogP contribution is 2.20. The number of nitrogens with zero attached hydrogens (tertiary/aromatic N) is 1. The number of carbonyl (C=O) groups excluding carboxylic acids is 1. The van der Waals surface area contributed by atoms with Gasteiger partial charge in [-0.1, -0.05) is 24.3 Å². The van der Waals surface area contributed by atoms with Crippen molar-refractivity contribution in [2.45, 2.75) is 39.0 Å². The minimum Gasteiger partial charge on any atom is -0.435 e. The summed E-state index contributed by atoms with van der Waals surface area (Å²) in [7, 11) is 0. The standard InChI is InChI=1S/C21H24F2N2O2/c1-15(17-7-9-19(10-8-17)27-21(22)23)24-20(26)18-6-4-5-16(13-18)14-25-11-2-3-12-25/h4-10,13,15,21H,2-3,11-12,14H2,1H3,(H,24,26). The normalized spacial score (nSPS) is 15.7. The van der Waals surface area contributed by atoms with Gasteiger partial charge in [0.2, 0.25) is 0 Å². The van der Waals surface area contributed by atoms with Crippen molar-refractivity contribution in [2.24, 2.45) is 0 Å². The van der Waals surface area contributed by atoms with Crippen molar-refractivity contribution in [3.05, 3.63) is 65.2 Å². The van der Waals surface area contributed by atoms with E-state index in [9.17, 15) is 13.6 Å². The van der Waals surface area contributed by atoms with Crippen molar-refractivity contribution >= 4 is 5.91 Å². The van der Waals surface area contributed by atoms with Gasteiger partial charge in [0, 0.05) is 12.1 Å². The van der Waals surface area contributed by atoms with Crippen molar-refractivity contribution < 1.29 is 18.3 Å². The average Bonchev–Trinajstić information content (AvgIpc) is 3.15. The van der Waals surface area contributed by atoms with Gasteiger partial charge < -0.3 is 10.1 Å². The van der Waals surface area contributed by atoms with Crippen molar-refractivity contribution in [3.63, 3.8) is 0 Å². The lowest BCUT2D eigenvalue weighted by Crippen LogP contribution is -2.27. The molecule has 1 unspecified atom stereocenters. The Morgan fingerprint density at radius 1 is 1.15 bits per heavy atom. The Morgan fingerprint density at radius 2 is 1.85 bits per heavy atom. The monoisotopic (exact) mass is 374 g/mol. The molecule has 1 N–H and O–H groups in total. The number of nitrogens with one attached hydrogen (secondary N) is 1. The molecular formula is C21H24F2N2O2. The van der Waals surface area contributed by atoms with Gasteiger partial charge in [0.15, 0.2) is 0 Å². The predicted octanol–water partition coefficient (Wildman–Crippen LogP) is 4.37. The van der Waals surface area contributed by atoms with E-state index in [1.165, 1.54) is 25.0 Å². The van der Waals surface area contributed by atoms with Crippen molar-refractivity contribution in [3.8, 4) is 5.75 Å². The maximum absolute atomic E-state index is 12.6. The zero-order valence-corrected chi connectivity index (χ0v) is 15.3. The lowest BCUT2D eigenvalue weighted by atomic mass is 10.1. The molecule has 0 radical (unpaired) electrons. The second-order valence-corrected chi connectivity index (χ2v) is 6.83. The zero-order valence-electron chi connectivity index (χ0n) is 15.3. The average molecular weight is 374 g/mol. The number of ether oxygens (including phenoxy) is 1. The number of likely N-dealkylation sites (tertiary alicyclic amines) is 1. The minimum atomic E-state index is -2.85. The minimum absolute atomic E-state index is 0.0990. The Kier molecular flexibility index (Phi) is 6.40. The van der Waals surface area contributed by atoms with Crippen LogP contribution in [0.2, 0.25) is 0 Å². The first-order chi connectivity index (χ1) is 13.0. The smallest absolute Gasteiger partial charge is 0.387 e. The number of halogens is 2. The SMILES string of the molecule is CC(NC(=O)c1cccc(CN2CCCC2)c1)c1ccc(OC(F)F)cc1. The van der Waals surface area contributed by atoms with E-state index in [-0.39, 0.29) is 17.7 Å². The molecule has 0 bridgehead atoms. The largest absolute Gasteiger partial charge is 0.435 e. The van der Waals surface area contributed by atoms with Crippen LogP contribution >= 0.6 is 0 Å². The molecule has 144 valence electrons. The van der Waals surface area contributed by atoms with Crippen LogP contribution in [0.4, 0.5) is 8.78 Å². The van der Waals surface area contributed by atoms with Crippen LogP contribution in [0.15, 0.2) is 48.5 Å². The molecule has 27 heavy (non-hydrogen) atoms. The molecule has 6 heteroatoms. The van der Waals surface area contributed by atoms with E-state index in [0.717, 1.165) is 30.8 Å². The van der Waals surface area contributed by atoms with E-state index in [1.54, 1.807) is 18.2 Å². The summed E-state index contributed by atoms with van der Waals surface area (Å²) in [5, 5.41) is 2.95. The first-order valence-corrected chi connectivity index (χ1v) is 9.18. The lowest BCUT2D eigenvalue weighted by Gasteiger charge is -2.17. The molecule has 4 nitrogen and oxygen atoms in total. The number of amides is 1. The molecular weight excluding hydrogens is 350 g/mol. The summed E-state index contributed by atoms with van der Waals surface area (Å²) in [6.07, 6.45) is 2.47. The van der Waals surface area contributed by atoms with E-state index < -0.39 is 6.61 Å². The van der Waals surface area contributed by atoms with E-state index in [0.29, 0.717) is 5.56 Å². The first-order valence-electron chi connectivity index (χ1n) is 9.18. The molecule has 1 atom stereocenters. The van der Waals surface area contributed by atoms with Crippen molar-refractivity contribution in [1.82, 2.24) is 10.2 Å². The Labute approximate surface area is 158 Å². The molecule has 2 aromatic carbocycles. The molecule has 1 heterocycles. The fourth-order valence-electron chi connectivity index (χ4n) is 3.31. The van der Waals surface area contributed by atoms with Crippen molar-refractivity contribution in [2.75, 3.05) is 13.1 Å². The van der Waals surface area contributed by atoms with Gasteiger partial charge in [-0.25, -0.2) is 0 Å². The molecule has 3 rings (SSSR count). The molecule has 2 aromatic rings. The molecule has 0 spiro atoms. The van der Waals surface area contributed by atoms with Gasteiger partial charge in [-0.3, -0.25) is 9.69 Å². The Morgan fingerprint density at radius 3 is 2.52 bits per heavy atom. The maximum Gasteiger partial charge on any atom is 0.387 e. The van der Waals surface area contributed by atoms with Gasteiger partial charge in [0.1, 0.15) is 5.75 Å². The van der Waals surface area contributed by atoms with Gasteiger partial charge in [0.05, 0.1) is 6.04 Å². The third-order valence-corrected chi connectivity index (χ3v) is 4.75. The van der Waals surface area contributed by atoms with Crippen LogP contribution in [0.5, 0.6) is 5.75 Å². The highest BCUT2D eigenvalue weighted by atomic mass is 19.3. The molecule has 1 amide bonds. The van der Waals surface area contributed by atoms with Gasteiger partial charge in [0.25, 0.3) is 5.91 Å². The summed E-state index contributed by atoms with van der Waals surface area (Å²) in [6, 6.07) is 13.7. The van der Waals surface area contributed by atoms with Gasteiger partial charge in [-0.2, -0.15) is 8.78 Å². The third-order valence-electron chi connectivity index (χ3n) is 4.75. The van der Waals surface area contributed by atoms with E-state index in [1.807, 2.05) is 25.1 Å². The van der Waals surface area contributed by atoms with Crippen LogP contribution in [0, 0.1) is 0 Å². The first kappa shape index (κ1) is 19.3. The van der Waals surface area contributed by atoms with E-state index in [2.05, 4.69) is 15.0 Å². The van der Waals surface area contributed by atoms with Crippen molar-refractivity contribution in [1.29, 1.82) is 0 Å². The number of alkyl halides is 2. The Bertz CT molecular complexity index is 759. The van der Waals surface area contributed by atoms with Crippen LogP contribution in [0.1, 0.15) is 47.3 Å². The van der Waals surface area contributed by atoms with Gasteiger partial charge in [-0.05, 0) is 68.2 Å². The van der Waals surface area contributed by atoms with E-state index in [4.69, 9.17) is 0 Å². The molecule has 1 aliphatic heterocycles. The summed E-state index contributed by atoms with van der Waals surface area (Å²) in [5.74, 6) is -0.0550. The summed E-state index contributed by atoms with van der Waals surface area (Å²) in [6.45, 7) is 2.09. The maximum atomic E-state index is 12.6. The Balaban J connectivity index is 1.60. The fraction of sp³-hybridized carbons (Fsp3) is 0.381. The second kappa shape index (κ2) is 8.95. The second-order valence-electron chi connectivity index (χ2n) is 6.83. The Hall–Kier alpha value is -2.47. The summed E-state index contributed by atoms with van der Waals surface area (Å²) >= 11 is 0. The third kappa shape index (κ3) is 5.50. The number of rotatable bonds is 7. The zero-order chi connectivity index (χ0) is 19.2. The molecule has 0 aromatic heterocycles. The van der Waals surface area contributed by atoms with Crippen LogP contribution in [0.3, 0.4) is 0 Å². The summed E-state index contributed by atoms with van der Waals surface area (Å²) in [5.41, 5.74) is 2.57. The fourth-order valence-corrected chi connectivity index (χ4v) is 3.31. The molecule has 0 aliphatic carbocycles. The van der Waals surface area contributed by atoms with Crippen LogP contribution in [-0.4, -0.2) is 30.5 Å². The molecule has 1 saturated heterocycles. The van der Waals surface area contributed by atoms with E-state index >= 15 is 0 Å². The summed E-state index contributed by atoms with van der Waals surface area (Å²) < 4.78 is 28.8. The number of benzene rings is 2. The number of carbonyl (C=O) groups is 1.